The summed E-state index contributed by atoms with van der Waals surface area (Å²) in [5.74, 6) is 0. The van der Waals surface area contributed by atoms with E-state index in [1.165, 1.54) is 0 Å². The lowest BCUT2D eigenvalue weighted by Gasteiger charge is -2.33. The van der Waals surface area contributed by atoms with Crippen LogP contribution in [0.25, 0.3) is 0 Å². The smallest absolute Gasteiger partial charge is 0.106 e. The van der Waals surface area contributed by atoms with Crippen LogP contribution in [-0.2, 0) is 0 Å². The van der Waals surface area contributed by atoms with E-state index in [0.717, 1.165) is 38.9 Å². The highest BCUT2D eigenvalue weighted by atomic mass is 15.2. The Kier molecular flexibility index (Phi) is 9.85. The van der Waals surface area contributed by atoms with Gasteiger partial charge in [-0.15, -0.1) is 0 Å². The van der Waals surface area contributed by atoms with E-state index in [4.69, 9.17) is 0 Å². The predicted octanol–water partition coefficient (Wildman–Crippen LogP) is 2.71. The van der Waals surface area contributed by atoms with Crippen molar-refractivity contribution in [3.63, 3.8) is 0 Å². The van der Waals surface area contributed by atoms with E-state index in [9.17, 15) is 5.26 Å². The van der Waals surface area contributed by atoms with Gasteiger partial charge in [-0.1, -0.05) is 13.8 Å². The Labute approximate surface area is 132 Å². The third-order valence-electron chi connectivity index (χ3n) is 4.09. The quantitative estimate of drug-likeness (QED) is 0.636. The van der Waals surface area contributed by atoms with Crippen LogP contribution in [0.3, 0.4) is 0 Å². The molecule has 4 heteroatoms. The molecule has 0 saturated carbocycles. The van der Waals surface area contributed by atoms with Crippen molar-refractivity contribution >= 4 is 0 Å². The second-order valence-corrected chi connectivity index (χ2v) is 6.69. The highest BCUT2D eigenvalue weighted by molar-refractivity contribution is 5.06. The number of nitriles is 1. The molecule has 21 heavy (non-hydrogen) atoms. The minimum Gasteiger partial charge on any atom is -0.308 e. The average Bonchev–Trinajstić information content (AvgIpc) is 2.40. The summed E-state index contributed by atoms with van der Waals surface area (Å²) in [4.78, 5) is 4.74. The van der Waals surface area contributed by atoms with Gasteiger partial charge >= 0.3 is 0 Å². The molecular weight excluding hydrogens is 260 g/mol. The molecule has 0 radical (unpaired) electrons. The highest BCUT2D eigenvalue weighted by Crippen LogP contribution is 2.18. The zero-order valence-corrected chi connectivity index (χ0v) is 15.2. The van der Waals surface area contributed by atoms with Gasteiger partial charge in [-0.05, 0) is 67.2 Å². The van der Waals surface area contributed by atoms with Crippen LogP contribution in [0.2, 0.25) is 0 Å². The van der Waals surface area contributed by atoms with Crippen LogP contribution >= 0.6 is 0 Å². The van der Waals surface area contributed by atoms with Gasteiger partial charge in [0.1, 0.15) is 5.54 Å². The minimum atomic E-state index is -0.363. The normalized spacial score (nSPS) is 16.2. The summed E-state index contributed by atoms with van der Waals surface area (Å²) in [5.41, 5.74) is -0.363. The fraction of sp³-hybridized carbons (Fsp3) is 0.941. The van der Waals surface area contributed by atoms with E-state index in [1.807, 2.05) is 0 Å². The summed E-state index contributed by atoms with van der Waals surface area (Å²) in [5, 5.41) is 13.0. The Bertz CT molecular complexity index is 308. The maximum absolute atomic E-state index is 9.54. The summed E-state index contributed by atoms with van der Waals surface area (Å²) < 4.78 is 0. The Morgan fingerprint density at radius 2 is 1.81 bits per heavy atom. The van der Waals surface area contributed by atoms with E-state index >= 15 is 0 Å². The number of hydrogen-bond acceptors (Lipinski definition) is 4. The molecule has 0 aliphatic carbocycles. The van der Waals surface area contributed by atoms with Gasteiger partial charge in [-0.2, -0.15) is 5.26 Å². The van der Waals surface area contributed by atoms with Gasteiger partial charge in [0, 0.05) is 18.6 Å². The molecule has 2 atom stereocenters. The van der Waals surface area contributed by atoms with Crippen molar-refractivity contribution in [1.29, 1.82) is 5.26 Å². The largest absolute Gasteiger partial charge is 0.308 e. The van der Waals surface area contributed by atoms with Gasteiger partial charge in [-0.25, -0.2) is 0 Å². The van der Waals surface area contributed by atoms with Crippen LogP contribution in [-0.4, -0.2) is 61.2 Å². The van der Waals surface area contributed by atoms with Crippen LogP contribution in [0.4, 0.5) is 0 Å². The first-order valence-electron chi connectivity index (χ1n) is 8.38. The van der Waals surface area contributed by atoms with Crippen molar-refractivity contribution < 1.29 is 0 Å². The first-order valence-corrected chi connectivity index (χ1v) is 8.38. The molecule has 0 bridgehead atoms. The lowest BCUT2D eigenvalue weighted by atomic mass is 9.91. The third kappa shape index (κ3) is 7.80. The van der Waals surface area contributed by atoms with Gasteiger partial charge in [0.05, 0.1) is 6.07 Å². The molecule has 0 heterocycles. The van der Waals surface area contributed by atoms with Crippen LogP contribution < -0.4 is 5.32 Å². The molecule has 0 amide bonds. The van der Waals surface area contributed by atoms with E-state index in [0.29, 0.717) is 12.1 Å². The molecule has 0 saturated heterocycles. The average molecular weight is 297 g/mol. The summed E-state index contributed by atoms with van der Waals surface area (Å²) in [6, 6.07) is 3.42. The lowest BCUT2D eigenvalue weighted by Crippen LogP contribution is -2.48. The Morgan fingerprint density at radius 1 is 1.19 bits per heavy atom. The molecule has 0 aliphatic heterocycles. The molecule has 124 valence electrons. The molecule has 0 spiro atoms. The van der Waals surface area contributed by atoms with E-state index in [2.05, 4.69) is 69.9 Å². The molecule has 0 aromatic rings. The topological polar surface area (TPSA) is 42.3 Å². The number of likely N-dealkylation sites (N-methyl/N-ethyl adjacent to an activating group) is 2. The Hall–Kier alpha value is -0.630. The van der Waals surface area contributed by atoms with Gasteiger partial charge < -0.3 is 4.90 Å². The number of rotatable bonds is 11. The molecular formula is C17H36N4. The van der Waals surface area contributed by atoms with E-state index in [1.54, 1.807) is 0 Å². The number of nitrogens with one attached hydrogen (secondary N) is 1. The monoisotopic (exact) mass is 296 g/mol. The summed E-state index contributed by atoms with van der Waals surface area (Å²) in [6.07, 6.45) is 2.84. The van der Waals surface area contributed by atoms with Crippen molar-refractivity contribution in [1.82, 2.24) is 15.1 Å². The van der Waals surface area contributed by atoms with E-state index in [-0.39, 0.29) is 5.54 Å². The van der Waals surface area contributed by atoms with Crippen molar-refractivity contribution in [3.8, 4) is 6.07 Å². The van der Waals surface area contributed by atoms with Crippen molar-refractivity contribution in [2.24, 2.45) is 0 Å². The molecule has 2 unspecified atom stereocenters. The van der Waals surface area contributed by atoms with Crippen LogP contribution in [0, 0.1) is 11.3 Å². The lowest BCUT2D eigenvalue weighted by molar-refractivity contribution is 0.173. The second kappa shape index (κ2) is 10.2. The number of nitrogens with zero attached hydrogens (tertiary/aromatic N) is 3. The maximum Gasteiger partial charge on any atom is 0.106 e. The molecule has 0 aliphatic rings. The molecule has 0 fully saturated rings. The fourth-order valence-electron chi connectivity index (χ4n) is 2.99. The van der Waals surface area contributed by atoms with Crippen molar-refractivity contribution in [2.75, 3.05) is 33.7 Å². The van der Waals surface area contributed by atoms with Gasteiger partial charge in [0.25, 0.3) is 0 Å². The van der Waals surface area contributed by atoms with E-state index < -0.39 is 0 Å². The standard InChI is InChI=1S/C17H36N4/c1-8-17(14-18,19-15(3)4)11-10-12-21(9-2)16(5)13-20(6)7/h15-16,19H,8-13H2,1-7H3. The number of hydrogen-bond donors (Lipinski definition) is 1. The minimum absolute atomic E-state index is 0.347. The van der Waals surface area contributed by atoms with Crippen LogP contribution in [0.15, 0.2) is 0 Å². The summed E-state index contributed by atoms with van der Waals surface area (Å²) in [7, 11) is 4.24. The van der Waals surface area contributed by atoms with Crippen molar-refractivity contribution in [3.05, 3.63) is 0 Å². The Morgan fingerprint density at radius 3 is 2.19 bits per heavy atom. The second-order valence-electron chi connectivity index (χ2n) is 6.69. The summed E-state index contributed by atoms with van der Waals surface area (Å²) in [6.45, 7) is 14.0. The zero-order valence-electron chi connectivity index (χ0n) is 15.2. The molecule has 1 N–H and O–H groups in total. The zero-order chi connectivity index (χ0) is 16.5. The fourth-order valence-corrected chi connectivity index (χ4v) is 2.99. The molecule has 0 aromatic heterocycles. The SMILES string of the molecule is CCN(CCCC(C#N)(CC)NC(C)C)C(C)CN(C)C. The predicted molar refractivity (Wildman–Crippen MR) is 91.4 cm³/mol. The highest BCUT2D eigenvalue weighted by Gasteiger charge is 2.28. The van der Waals surface area contributed by atoms with Crippen molar-refractivity contribution in [2.45, 2.75) is 71.5 Å². The molecule has 0 aromatic carbocycles. The first-order chi connectivity index (χ1) is 9.80. The van der Waals surface area contributed by atoms with Crippen LogP contribution in [0.5, 0.6) is 0 Å². The molecule has 4 nitrogen and oxygen atoms in total. The van der Waals surface area contributed by atoms with Gasteiger partial charge in [0.2, 0.25) is 0 Å². The van der Waals surface area contributed by atoms with Crippen LogP contribution in [0.1, 0.15) is 53.9 Å². The molecule has 0 rings (SSSR count). The maximum atomic E-state index is 9.54. The third-order valence-corrected chi connectivity index (χ3v) is 4.09. The van der Waals surface area contributed by atoms with Gasteiger partial charge in [-0.3, -0.25) is 10.2 Å². The Balaban J connectivity index is 4.44. The summed E-state index contributed by atoms with van der Waals surface area (Å²) >= 11 is 0. The van der Waals surface area contributed by atoms with Gasteiger partial charge in [0.15, 0.2) is 0 Å². The first kappa shape index (κ1) is 20.4.